The Labute approximate surface area is 131 Å². The van der Waals surface area contributed by atoms with Crippen LogP contribution >= 0.6 is 0 Å². The number of rotatable bonds is 2. The van der Waals surface area contributed by atoms with Gasteiger partial charge in [-0.3, -0.25) is 4.79 Å². The zero-order valence-electron chi connectivity index (χ0n) is 12.8. The largest absolute Gasteiger partial charge is 0.381 e. The summed E-state index contributed by atoms with van der Waals surface area (Å²) < 4.78 is 5.58. The van der Waals surface area contributed by atoms with Crippen LogP contribution in [0.2, 0.25) is 0 Å². The highest BCUT2D eigenvalue weighted by atomic mass is 16.5. The van der Waals surface area contributed by atoms with E-state index in [4.69, 9.17) is 4.74 Å². The molecule has 4 heteroatoms. The summed E-state index contributed by atoms with van der Waals surface area (Å²) in [5.41, 5.74) is 2.19. The van der Waals surface area contributed by atoms with Gasteiger partial charge in [0.2, 0.25) is 0 Å². The summed E-state index contributed by atoms with van der Waals surface area (Å²) in [5.74, 6) is 0.153. The van der Waals surface area contributed by atoms with Gasteiger partial charge in [-0.15, -0.1) is 0 Å². The average molecular weight is 298 g/mol. The predicted molar refractivity (Wildman–Crippen MR) is 85.9 cm³/mol. The maximum absolute atomic E-state index is 12.5. The van der Waals surface area contributed by atoms with Crippen LogP contribution in [-0.4, -0.2) is 43.7 Å². The van der Waals surface area contributed by atoms with Crippen molar-refractivity contribution in [3.05, 3.63) is 42.1 Å². The van der Waals surface area contributed by atoms with Gasteiger partial charge in [0.05, 0.1) is 6.61 Å². The van der Waals surface area contributed by atoms with Crippen molar-refractivity contribution in [2.45, 2.75) is 19.3 Å². The van der Waals surface area contributed by atoms with Crippen LogP contribution in [0.25, 0.3) is 0 Å². The topological polar surface area (TPSA) is 32.8 Å². The molecule has 4 nitrogen and oxygen atoms in total. The molecule has 0 N–H and O–H groups in total. The number of likely N-dealkylation sites (tertiary alicyclic amines) is 1. The summed E-state index contributed by atoms with van der Waals surface area (Å²) in [6.07, 6.45) is 7.69. The summed E-state index contributed by atoms with van der Waals surface area (Å²) in [6.45, 7) is 4.42. The zero-order valence-corrected chi connectivity index (χ0v) is 12.8. The van der Waals surface area contributed by atoms with Crippen molar-refractivity contribution in [2.24, 2.45) is 5.41 Å². The Morgan fingerprint density at radius 1 is 1.18 bits per heavy atom. The molecule has 0 unspecified atom stereocenters. The summed E-state index contributed by atoms with van der Waals surface area (Å²) in [6, 6.07) is 7.99. The second-order valence-corrected chi connectivity index (χ2v) is 6.73. The number of hydrogen-bond acceptors (Lipinski definition) is 3. The third-order valence-electron chi connectivity index (χ3n) is 5.01. The molecule has 116 valence electrons. The van der Waals surface area contributed by atoms with E-state index in [1.165, 1.54) is 6.42 Å². The van der Waals surface area contributed by atoms with Crippen LogP contribution in [0, 0.1) is 5.41 Å². The van der Waals surface area contributed by atoms with Crippen molar-refractivity contribution in [1.82, 2.24) is 4.90 Å². The van der Waals surface area contributed by atoms with Gasteiger partial charge in [0.25, 0.3) is 5.91 Å². The van der Waals surface area contributed by atoms with Crippen LogP contribution in [0.1, 0.15) is 29.6 Å². The van der Waals surface area contributed by atoms with Crippen molar-refractivity contribution in [2.75, 3.05) is 37.7 Å². The van der Waals surface area contributed by atoms with Gasteiger partial charge in [-0.25, -0.2) is 0 Å². The van der Waals surface area contributed by atoms with Crippen LogP contribution < -0.4 is 4.90 Å². The van der Waals surface area contributed by atoms with E-state index in [0.29, 0.717) is 0 Å². The molecule has 1 aromatic carbocycles. The Morgan fingerprint density at radius 2 is 2.00 bits per heavy atom. The molecule has 3 aliphatic heterocycles. The lowest BCUT2D eigenvalue weighted by Gasteiger charge is -2.51. The van der Waals surface area contributed by atoms with Gasteiger partial charge in [-0.1, -0.05) is 6.08 Å². The first-order valence-electron chi connectivity index (χ1n) is 8.16. The summed E-state index contributed by atoms with van der Waals surface area (Å²) >= 11 is 0. The molecule has 0 saturated carbocycles. The fourth-order valence-corrected chi connectivity index (χ4v) is 3.75. The maximum atomic E-state index is 12.5. The predicted octanol–water partition coefficient (Wildman–Crippen LogP) is 2.66. The van der Waals surface area contributed by atoms with Crippen molar-refractivity contribution >= 4 is 11.6 Å². The van der Waals surface area contributed by atoms with E-state index in [2.05, 4.69) is 17.2 Å². The highest BCUT2D eigenvalue weighted by Gasteiger charge is 2.46. The maximum Gasteiger partial charge on any atom is 0.253 e. The number of amides is 1. The highest BCUT2D eigenvalue weighted by molar-refractivity contribution is 5.95. The molecule has 3 aliphatic rings. The van der Waals surface area contributed by atoms with Gasteiger partial charge in [-0.05, 0) is 43.5 Å². The third kappa shape index (κ3) is 2.41. The van der Waals surface area contributed by atoms with Crippen LogP contribution in [-0.2, 0) is 4.74 Å². The molecule has 2 fully saturated rings. The number of benzene rings is 1. The van der Waals surface area contributed by atoms with E-state index < -0.39 is 0 Å². The minimum absolute atomic E-state index is 0.153. The molecular formula is C18H22N2O2. The molecule has 1 spiro atoms. The number of carbonyl (C=O) groups excluding carboxylic acids is 1. The lowest BCUT2D eigenvalue weighted by atomic mass is 9.75. The fraction of sp³-hybridized carbons (Fsp3) is 0.500. The van der Waals surface area contributed by atoms with E-state index in [0.717, 1.165) is 56.9 Å². The molecule has 1 aromatic rings. The standard InChI is InChI=1S/C18H22N2O2/c21-17(20-12-18(13-20)8-3-11-22-14-18)15-4-6-16(7-5-15)19-9-1-2-10-19/h1,4-7,9H,2-3,8,10-14H2. The van der Waals surface area contributed by atoms with Crippen molar-refractivity contribution in [3.63, 3.8) is 0 Å². The first kappa shape index (κ1) is 13.8. The lowest BCUT2D eigenvalue weighted by Crippen LogP contribution is -2.61. The fourth-order valence-electron chi connectivity index (χ4n) is 3.75. The number of ether oxygens (including phenoxy) is 1. The van der Waals surface area contributed by atoms with E-state index in [1.807, 2.05) is 29.2 Å². The molecule has 3 heterocycles. The molecular weight excluding hydrogens is 276 g/mol. The Balaban J connectivity index is 1.40. The van der Waals surface area contributed by atoms with Gasteiger partial charge in [-0.2, -0.15) is 0 Å². The molecule has 1 amide bonds. The number of nitrogens with zero attached hydrogens (tertiary/aromatic N) is 2. The Morgan fingerprint density at radius 3 is 2.64 bits per heavy atom. The van der Waals surface area contributed by atoms with E-state index in [9.17, 15) is 4.79 Å². The minimum Gasteiger partial charge on any atom is -0.381 e. The molecule has 22 heavy (non-hydrogen) atoms. The summed E-state index contributed by atoms with van der Waals surface area (Å²) in [4.78, 5) is 16.7. The van der Waals surface area contributed by atoms with E-state index >= 15 is 0 Å². The lowest BCUT2D eigenvalue weighted by molar-refractivity contribution is -0.0863. The second-order valence-electron chi connectivity index (χ2n) is 6.73. The van der Waals surface area contributed by atoms with E-state index in [-0.39, 0.29) is 11.3 Å². The van der Waals surface area contributed by atoms with Crippen LogP contribution in [0.3, 0.4) is 0 Å². The SMILES string of the molecule is O=C(c1ccc(N2C=CCC2)cc1)N1CC2(CCCOC2)C1. The average Bonchev–Trinajstić information content (AvgIpc) is 3.07. The molecule has 2 saturated heterocycles. The number of anilines is 1. The molecule has 4 rings (SSSR count). The zero-order chi connectivity index (χ0) is 15.0. The normalized spacial score (nSPS) is 22.9. The second kappa shape index (κ2) is 5.43. The van der Waals surface area contributed by atoms with Crippen molar-refractivity contribution in [3.8, 4) is 0 Å². The molecule has 0 radical (unpaired) electrons. The molecule has 0 aromatic heterocycles. The van der Waals surface area contributed by atoms with Gasteiger partial charge < -0.3 is 14.5 Å². The quantitative estimate of drug-likeness (QED) is 0.841. The third-order valence-corrected chi connectivity index (χ3v) is 5.01. The van der Waals surface area contributed by atoms with Crippen LogP contribution in [0.5, 0.6) is 0 Å². The van der Waals surface area contributed by atoms with Gasteiger partial charge in [0.1, 0.15) is 0 Å². The summed E-state index contributed by atoms with van der Waals surface area (Å²) in [5, 5.41) is 0. The first-order valence-corrected chi connectivity index (χ1v) is 8.16. The number of hydrogen-bond donors (Lipinski definition) is 0. The van der Waals surface area contributed by atoms with Crippen LogP contribution in [0.15, 0.2) is 36.5 Å². The minimum atomic E-state index is 0.153. The molecule has 0 bridgehead atoms. The monoisotopic (exact) mass is 298 g/mol. The van der Waals surface area contributed by atoms with Crippen LogP contribution in [0.4, 0.5) is 5.69 Å². The van der Waals surface area contributed by atoms with E-state index in [1.54, 1.807) is 0 Å². The van der Waals surface area contributed by atoms with Gasteiger partial charge in [0, 0.05) is 49.1 Å². The Hall–Kier alpha value is -1.81. The van der Waals surface area contributed by atoms with Gasteiger partial charge in [0.15, 0.2) is 0 Å². The molecule has 0 atom stereocenters. The number of carbonyl (C=O) groups is 1. The van der Waals surface area contributed by atoms with Gasteiger partial charge >= 0.3 is 0 Å². The highest BCUT2D eigenvalue weighted by Crippen LogP contribution is 2.38. The molecule has 0 aliphatic carbocycles. The smallest absolute Gasteiger partial charge is 0.253 e. The van der Waals surface area contributed by atoms with Crippen molar-refractivity contribution in [1.29, 1.82) is 0 Å². The Kier molecular flexibility index (Phi) is 3.41. The Bertz CT molecular complexity index is 580. The summed E-state index contributed by atoms with van der Waals surface area (Å²) in [7, 11) is 0. The first-order chi connectivity index (χ1) is 10.8. The van der Waals surface area contributed by atoms with Crippen molar-refractivity contribution < 1.29 is 9.53 Å².